The van der Waals surface area contributed by atoms with Gasteiger partial charge in [-0.3, -0.25) is 0 Å². The van der Waals surface area contributed by atoms with E-state index < -0.39 is 0 Å². The van der Waals surface area contributed by atoms with Crippen LogP contribution in [0.25, 0.3) is 12.2 Å². The molecule has 2 aromatic rings. The topological polar surface area (TPSA) is 40.5 Å². The Morgan fingerprint density at radius 3 is 2.05 bits per heavy atom. The number of rotatable bonds is 4. The van der Waals surface area contributed by atoms with Crippen molar-refractivity contribution in [3.63, 3.8) is 0 Å². The summed E-state index contributed by atoms with van der Waals surface area (Å²) in [5, 5.41) is 19.8. The van der Waals surface area contributed by atoms with Crippen LogP contribution in [0.3, 0.4) is 0 Å². The van der Waals surface area contributed by atoms with Crippen LogP contribution in [0, 0.1) is 0 Å². The maximum absolute atomic E-state index is 9.91. The SMILES string of the molecule is CCCc1c(O)cc(/C=C/c2ccccc2)cc1O. The van der Waals surface area contributed by atoms with Crippen molar-refractivity contribution < 1.29 is 10.2 Å². The average molecular weight is 254 g/mol. The molecule has 0 aliphatic heterocycles. The highest BCUT2D eigenvalue weighted by atomic mass is 16.3. The normalized spacial score (nSPS) is 11.0. The minimum Gasteiger partial charge on any atom is -0.508 e. The van der Waals surface area contributed by atoms with Crippen LogP contribution in [0.15, 0.2) is 42.5 Å². The minimum absolute atomic E-state index is 0.162. The molecule has 98 valence electrons. The fraction of sp³-hybridized carbons (Fsp3) is 0.176. The van der Waals surface area contributed by atoms with E-state index in [1.165, 1.54) is 0 Å². The number of phenolic OH excluding ortho intramolecular Hbond substituents is 2. The van der Waals surface area contributed by atoms with Gasteiger partial charge in [0.05, 0.1) is 0 Å². The summed E-state index contributed by atoms with van der Waals surface area (Å²) in [4.78, 5) is 0. The quantitative estimate of drug-likeness (QED) is 0.802. The molecule has 2 aromatic carbocycles. The lowest BCUT2D eigenvalue weighted by molar-refractivity contribution is 0.437. The van der Waals surface area contributed by atoms with E-state index in [4.69, 9.17) is 0 Å². The van der Waals surface area contributed by atoms with Crippen molar-refractivity contribution in [1.29, 1.82) is 0 Å². The van der Waals surface area contributed by atoms with Gasteiger partial charge in [0.2, 0.25) is 0 Å². The summed E-state index contributed by atoms with van der Waals surface area (Å²) in [5.74, 6) is 0.323. The highest BCUT2D eigenvalue weighted by Gasteiger charge is 2.07. The predicted octanol–water partition coefficient (Wildman–Crippen LogP) is 4.22. The first-order valence-corrected chi connectivity index (χ1v) is 6.48. The first-order valence-electron chi connectivity index (χ1n) is 6.48. The van der Waals surface area contributed by atoms with Gasteiger partial charge in [0.15, 0.2) is 0 Å². The lowest BCUT2D eigenvalue weighted by Gasteiger charge is -2.07. The summed E-state index contributed by atoms with van der Waals surface area (Å²) >= 11 is 0. The third kappa shape index (κ3) is 3.38. The van der Waals surface area contributed by atoms with Crippen LogP contribution in [0.1, 0.15) is 30.0 Å². The first kappa shape index (κ1) is 13.2. The summed E-state index contributed by atoms with van der Waals surface area (Å²) in [6.45, 7) is 2.02. The summed E-state index contributed by atoms with van der Waals surface area (Å²) in [6, 6.07) is 13.3. The third-order valence-electron chi connectivity index (χ3n) is 2.99. The van der Waals surface area contributed by atoms with E-state index in [1.807, 2.05) is 49.4 Å². The number of benzene rings is 2. The second-order valence-corrected chi connectivity index (χ2v) is 4.53. The monoisotopic (exact) mass is 254 g/mol. The Bertz CT molecular complexity index is 548. The number of hydrogen-bond donors (Lipinski definition) is 2. The molecule has 0 saturated heterocycles. The Morgan fingerprint density at radius 2 is 1.47 bits per heavy atom. The highest BCUT2D eigenvalue weighted by Crippen LogP contribution is 2.30. The van der Waals surface area contributed by atoms with E-state index in [-0.39, 0.29) is 11.5 Å². The van der Waals surface area contributed by atoms with Gasteiger partial charge < -0.3 is 10.2 Å². The summed E-state index contributed by atoms with van der Waals surface area (Å²) in [5.41, 5.74) is 2.50. The summed E-state index contributed by atoms with van der Waals surface area (Å²) in [7, 11) is 0. The van der Waals surface area contributed by atoms with Crippen molar-refractivity contribution >= 4 is 12.2 Å². The smallest absolute Gasteiger partial charge is 0.123 e. The van der Waals surface area contributed by atoms with Crippen molar-refractivity contribution in [2.24, 2.45) is 0 Å². The fourth-order valence-electron chi connectivity index (χ4n) is 2.02. The van der Waals surface area contributed by atoms with Gasteiger partial charge in [0.1, 0.15) is 11.5 Å². The van der Waals surface area contributed by atoms with Gasteiger partial charge in [0.25, 0.3) is 0 Å². The molecule has 0 aliphatic rings. The van der Waals surface area contributed by atoms with E-state index >= 15 is 0 Å². The Labute approximate surface area is 113 Å². The minimum atomic E-state index is 0.162. The third-order valence-corrected chi connectivity index (χ3v) is 2.99. The van der Waals surface area contributed by atoms with Crippen LogP contribution in [0.2, 0.25) is 0 Å². The van der Waals surface area contributed by atoms with E-state index in [9.17, 15) is 10.2 Å². The average Bonchev–Trinajstić information content (AvgIpc) is 2.42. The van der Waals surface area contributed by atoms with Gasteiger partial charge in [-0.2, -0.15) is 0 Å². The Hall–Kier alpha value is -2.22. The van der Waals surface area contributed by atoms with Crippen LogP contribution < -0.4 is 0 Å². The van der Waals surface area contributed by atoms with Crippen LogP contribution in [-0.4, -0.2) is 10.2 Å². The van der Waals surface area contributed by atoms with Crippen molar-refractivity contribution in [2.45, 2.75) is 19.8 Å². The summed E-state index contributed by atoms with van der Waals surface area (Å²) < 4.78 is 0. The molecule has 0 spiro atoms. The molecule has 0 atom stereocenters. The number of phenols is 2. The van der Waals surface area contributed by atoms with Crippen LogP contribution in [0.5, 0.6) is 11.5 Å². The zero-order valence-electron chi connectivity index (χ0n) is 11.0. The number of aromatic hydroxyl groups is 2. The van der Waals surface area contributed by atoms with E-state index in [1.54, 1.807) is 12.1 Å². The Morgan fingerprint density at radius 1 is 0.895 bits per heavy atom. The molecule has 2 nitrogen and oxygen atoms in total. The molecule has 0 radical (unpaired) electrons. The van der Waals surface area contributed by atoms with Crippen LogP contribution >= 0.6 is 0 Å². The molecule has 0 heterocycles. The molecule has 2 heteroatoms. The standard InChI is InChI=1S/C17H18O2/c1-2-6-15-16(18)11-14(12-17(15)19)10-9-13-7-4-3-5-8-13/h3-5,7-12,18-19H,2,6H2,1H3/b10-9+. The van der Waals surface area contributed by atoms with Crippen LogP contribution in [0.4, 0.5) is 0 Å². The van der Waals surface area contributed by atoms with Gasteiger partial charge in [-0.1, -0.05) is 55.8 Å². The van der Waals surface area contributed by atoms with Gasteiger partial charge in [-0.15, -0.1) is 0 Å². The Balaban J connectivity index is 2.25. The maximum Gasteiger partial charge on any atom is 0.123 e. The van der Waals surface area contributed by atoms with E-state index in [0.717, 1.165) is 17.5 Å². The first-order chi connectivity index (χ1) is 9.20. The van der Waals surface area contributed by atoms with E-state index in [2.05, 4.69) is 0 Å². The zero-order valence-corrected chi connectivity index (χ0v) is 11.0. The molecule has 0 aliphatic carbocycles. The van der Waals surface area contributed by atoms with Crippen LogP contribution in [-0.2, 0) is 6.42 Å². The molecule has 0 bridgehead atoms. The second kappa shape index (κ2) is 6.10. The number of hydrogen-bond acceptors (Lipinski definition) is 2. The molecule has 0 saturated carbocycles. The van der Waals surface area contributed by atoms with Gasteiger partial charge >= 0.3 is 0 Å². The van der Waals surface area contributed by atoms with E-state index in [0.29, 0.717) is 12.0 Å². The van der Waals surface area contributed by atoms with Crippen molar-refractivity contribution in [2.75, 3.05) is 0 Å². The second-order valence-electron chi connectivity index (χ2n) is 4.53. The molecule has 2 N–H and O–H groups in total. The van der Waals surface area contributed by atoms with Gasteiger partial charge in [-0.05, 0) is 29.7 Å². The Kier molecular flexibility index (Phi) is 4.24. The fourth-order valence-corrected chi connectivity index (χ4v) is 2.02. The maximum atomic E-state index is 9.91. The molecular weight excluding hydrogens is 236 g/mol. The summed E-state index contributed by atoms with van der Waals surface area (Å²) in [6.07, 6.45) is 5.40. The van der Waals surface area contributed by atoms with Gasteiger partial charge in [-0.25, -0.2) is 0 Å². The molecular formula is C17H18O2. The van der Waals surface area contributed by atoms with Crippen molar-refractivity contribution in [3.05, 3.63) is 59.2 Å². The lowest BCUT2D eigenvalue weighted by Crippen LogP contribution is -1.87. The largest absolute Gasteiger partial charge is 0.508 e. The molecule has 0 aromatic heterocycles. The van der Waals surface area contributed by atoms with Gasteiger partial charge in [0, 0.05) is 5.56 Å². The zero-order chi connectivity index (χ0) is 13.7. The van der Waals surface area contributed by atoms with Crippen molar-refractivity contribution in [1.82, 2.24) is 0 Å². The molecule has 19 heavy (non-hydrogen) atoms. The predicted molar refractivity (Wildman–Crippen MR) is 79.1 cm³/mol. The van der Waals surface area contributed by atoms with Crippen molar-refractivity contribution in [3.8, 4) is 11.5 Å². The molecule has 0 unspecified atom stereocenters. The lowest BCUT2D eigenvalue weighted by atomic mass is 10.0. The highest BCUT2D eigenvalue weighted by molar-refractivity contribution is 5.71. The molecule has 0 amide bonds. The molecule has 2 rings (SSSR count). The molecule has 0 fully saturated rings.